The third kappa shape index (κ3) is 2.79. The smallest absolute Gasteiger partial charge is 0.269 e. The fraction of sp³-hybridized carbons (Fsp3) is 0.182. The molecule has 2 heterocycles. The second-order valence-corrected chi connectivity index (χ2v) is 4.35. The zero-order valence-electron chi connectivity index (χ0n) is 9.30. The minimum atomic E-state index is -0.572. The van der Waals surface area contributed by atoms with Gasteiger partial charge in [0, 0.05) is 6.54 Å². The van der Waals surface area contributed by atoms with Gasteiger partial charge in [-0.2, -0.15) is 11.3 Å². The Kier molecular flexibility index (Phi) is 3.34. The summed E-state index contributed by atoms with van der Waals surface area (Å²) in [5.74, 6) is 0.0540. The normalized spacial score (nSPS) is 10.2. The number of hydrogen-bond donors (Lipinski definition) is 2. The number of nitrogens with zero attached hydrogens (tertiary/aromatic N) is 2. The van der Waals surface area contributed by atoms with E-state index < -0.39 is 5.91 Å². The molecule has 0 aliphatic rings. The number of carbonyl (C=O) groups excluding carboxylic acids is 1. The van der Waals surface area contributed by atoms with E-state index in [1.54, 1.807) is 23.5 Å². The van der Waals surface area contributed by atoms with Crippen molar-refractivity contribution in [1.29, 1.82) is 0 Å². The molecule has 0 saturated carbocycles. The summed E-state index contributed by atoms with van der Waals surface area (Å²) in [6.45, 7) is 2.76. The first kappa shape index (κ1) is 11.5. The lowest BCUT2D eigenvalue weighted by Gasteiger charge is -2.04. The van der Waals surface area contributed by atoms with Crippen molar-refractivity contribution in [2.24, 2.45) is 5.73 Å². The van der Waals surface area contributed by atoms with Gasteiger partial charge < -0.3 is 11.1 Å². The minimum Gasteiger partial charge on any atom is -0.364 e. The molecule has 2 aromatic heterocycles. The molecule has 0 radical (unpaired) electrons. The van der Waals surface area contributed by atoms with Gasteiger partial charge in [0.25, 0.3) is 5.91 Å². The highest BCUT2D eigenvalue weighted by Gasteiger charge is 2.03. The molecule has 2 aromatic rings. The molecule has 0 aliphatic heterocycles. The number of nitrogens with two attached hydrogens (primary N) is 1. The predicted molar refractivity (Wildman–Crippen MR) is 66.9 cm³/mol. The predicted octanol–water partition coefficient (Wildman–Crippen LogP) is 1.56. The zero-order valence-corrected chi connectivity index (χ0v) is 10.1. The van der Waals surface area contributed by atoms with Crippen molar-refractivity contribution < 1.29 is 4.79 Å². The van der Waals surface area contributed by atoms with E-state index in [1.807, 2.05) is 0 Å². The summed E-state index contributed by atoms with van der Waals surface area (Å²) in [6.07, 6.45) is 0. The van der Waals surface area contributed by atoms with Gasteiger partial charge in [0.15, 0.2) is 5.69 Å². The van der Waals surface area contributed by atoms with Gasteiger partial charge in [-0.15, -0.1) is 10.2 Å². The van der Waals surface area contributed by atoms with E-state index in [9.17, 15) is 4.79 Å². The van der Waals surface area contributed by atoms with Crippen molar-refractivity contribution in [2.45, 2.75) is 13.5 Å². The van der Waals surface area contributed by atoms with Crippen LogP contribution in [0.4, 0.5) is 5.82 Å². The van der Waals surface area contributed by atoms with Crippen LogP contribution in [-0.4, -0.2) is 16.1 Å². The molecule has 1 amide bonds. The molecule has 0 fully saturated rings. The first-order chi connectivity index (χ1) is 8.16. The summed E-state index contributed by atoms with van der Waals surface area (Å²) < 4.78 is 0. The number of carbonyl (C=O) groups is 1. The number of primary amides is 1. The highest BCUT2D eigenvalue weighted by Crippen LogP contribution is 2.14. The highest BCUT2D eigenvalue weighted by molar-refractivity contribution is 7.08. The van der Waals surface area contributed by atoms with E-state index in [0.717, 1.165) is 0 Å². The average Bonchev–Trinajstić information content (AvgIpc) is 2.73. The largest absolute Gasteiger partial charge is 0.364 e. The maximum absolute atomic E-state index is 10.8. The Morgan fingerprint density at radius 2 is 2.24 bits per heavy atom. The van der Waals surface area contributed by atoms with Crippen molar-refractivity contribution in [3.05, 3.63) is 39.7 Å². The van der Waals surface area contributed by atoms with E-state index in [1.165, 1.54) is 11.1 Å². The molecule has 2 rings (SSSR count). The summed E-state index contributed by atoms with van der Waals surface area (Å²) >= 11 is 1.67. The molecule has 0 spiro atoms. The van der Waals surface area contributed by atoms with Crippen LogP contribution >= 0.6 is 11.3 Å². The third-order valence-electron chi connectivity index (χ3n) is 2.34. The van der Waals surface area contributed by atoms with Gasteiger partial charge in [0.2, 0.25) is 0 Å². The van der Waals surface area contributed by atoms with Crippen LogP contribution in [0.1, 0.15) is 21.6 Å². The second-order valence-electron chi connectivity index (χ2n) is 3.60. The molecule has 0 aliphatic carbocycles. The van der Waals surface area contributed by atoms with Crippen LogP contribution in [0.25, 0.3) is 0 Å². The lowest BCUT2D eigenvalue weighted by Crippen LogP contribution is -2.14. The number of thiophene rings is 1. The van der Waals surface area contributed by atoms with E-state index >= 15 is 0 Å². The Morgan fingerprint density at radius 3 is 2.76 bits per heavy atom. The number of aromatic nitrogens is 2. The van der Waals surface area contributed by atoms with Crippen molar-refractivity contribution in [3.63, 3.8) is 0 Å². The monoisotopic (exact) mass is 248 g/mol. The summed E-state index contributed by atoms with van der Waals surface area (Å²) in [6, 6.07) is 3.24. The van der Waals surface area contributed by atoms with E-state index in [2.05, 4.69) is 33.2 Å². The van der Waals surface area contributed by atoms with Crippen LogP contribution in [0.3, 0.4) is 0 Å². The first-order valence-corrected chi connectivity index (χ1v) is 6.00. The molecular weight excluding hydrogens is 236 g/mol. The lowest BCUT2D eigenvalue weighted by molar-refractivity contribution is 0.0994. The maximum Gasteiger partial charge on any atom is 0.269 e. The number of anilines is 1. The summed E-state index contributed by atoms with van der Waals surface area (Å²) in [5, 5.41) is 14.9. The maximum atomic E-state index is 10.8. The average molecular weight is 248 g/mol. The summed E-state index contributed by atoms with van der Waals surface area (Å²) in [4.78, 5) is 10.8. The molecule has 6 heteroatoms. The molecule has 3 N–H and O–H groups in total. The summed E-state index contributed by atoms with van der Waals surface area (Å²) in [5.41, 5.74) is 7.73. The van der Waals surface area contributed by atoms with Crippen LogP contribution in [0.15, 0.2) is 22.9 Å². The Balaban J connectivity index is 2.00. The van der Waals surface area contributed by atoms with Gasteiger partial charge in [0.1, 0.15) is 5.82 Å². The van der Waals surface area contributed by atoms with Crippen LogP contribution in [0, 0.1) is 6.92 Å². The van der Waals surface area contributed by atoms with Gasteiger partial charge in [-0.25, -0.2) is 0 Å². The van der Waals surface area contributed by atoms with Gasteiger partial charge in [-0.1, -0.05) is 0 Å². The SMILES string of the molecule is Cc1cscc1CNc1ccc(C(N)=O)nn1. The van der Waals surface area contributed by atoms with Gasteiger partial charge >= 0.3 is 0 Å². The fourth-order valence-corrected chi connectivity index (χ4v) is 2.17. The Morgan fingerprint density at radius 1 is 1.41 bits per heavy atom. The fourth-order valence-electron chi connectivity index (χ4n) is 1.31. The molecular formula is C11H12N4OS. The van der Waals surface area contributed by atoms with Crippen molar-refractivity contribution in [1.82, 2.24) is 10.2 Å². The van der Waals surface area contributed by atoms with Crippen LogP contribution < -0.4 is 11.1 Å². The van der Waals surface area contributed by atoms with Crippen LogP contribution in [0.2, 0.25) is 0 Å². The van der Waals surface area contributed by atoms with E-state index in [-0.39, 0.29) is 5.69 Å². The van der Waals surface area contributed by atoms with Gasteiger partial charge in [-0.3, -0.25) is 4.79 Å². The standard InChI is InChI=1S/C11H12N4OS/c1-7-5-17-6-8(7)4-13-10-3-2-9(11(12)16)14-15-10/h2-3,5-6H,4H2,1H3,(H2,12,16)(H,13,15). The molecule has 0 saturated heterocycles. The Bertz CT molecular complexity index is 521. The number of hydrogen-bond acceptors (Lipinski definition) is 5. The molecule has 17 heavy (non-hydrogen) atoms. The molecule has 0 unspecified atom stereocenters. The van der Waals surface area contributed by atoms with E-state index in [0.29, 0.717) is 12.4 Å². The Hall–Kier alpha value is -1.95. The van der Waals surface area contributed by atoms with Crippen molar-refractivity contribution in [2.75, 3.05) is 5.32 Å². The summed E-state index contributed by atoms with van der Waals surface area (Å²) in [7, 11) is 0. The molecule has 0 aromatic carbocycles. The molecule has 5 nitrogen and oxygen atoms in total. The highest BCUT2D eigenvalue weighted by atomic mass is 32.1. The van der Waals surface area contributed by atoms with Crippen molar-refractivity contribution in [3.8, 4) is 0 Å². The second kappa shape index (κ2) is 4.92. The topological polar surface area (TPSA) is 80.9 Å². The lowest BCUT2D eigenvalue weighted by atomic mass is 10.2. The van der Waals surface area contributed by atoms with Gasteiger partial charge in [0.05, 0.1) is 0 Å². The molecule has 0 atom stereocenters. The number of rotatable bonds is 4. The Labute approximate surface area is 103 Å². The van der Waals surface area contributed by atoms with Gasteiger partial charge in [-0.05, 0) is 40.9 Å². The molecule has 0 bridgehead atoms. The number of amides is 1. The van der Waals surface area contributed by atoms with Crippen LogP contribution in [-0.2, 0) is 6.54 Å². The minimum absolute atomic E-state index is 0.169. The zero-order chi connectivity index (χ0) is 12.3. The third-order valence-corrected chi connectivity index (χ3v) is 3.25. The van der Waals surface area contributed by atoms with Crippen LogP contribution in [0.5, 0.6) is 0 Å². The van der Waals surface area contributed by atoms with E-state index in [4.69, 9.17) is 5.73 Å². The quantitative estimate of drug-likeness (QED) is 0.860. The number of aryl methyl sites for hydroxylation is 1. The van der Waals surface area contributed by atoms with Crippen molar-refractivity contribution >= 4 is 23.1 Å². The molecule has 88 valence electrons. The first-order valence-electron chi connectivity index (χ1n) is 5.06. The number of nitrogens with one attached hydrogen (secondary N) is 1.